The van der Waals surface area contributed by atoms with E-state index in [1.165, 1.54) is 0 Å². The van der Waals surface area contributed by atoms with E-state index < -0.39 is 0 Å². The molecule has 0 aliphatic heterocycles. The smallest absolute Gasteiger partial charge is 0.255 e. The number of carbonyl (C=O) groups excluding carboxylic acids is 2. The van der Waals surface area contributed by atoms with E-state index in [1.807, 2.05) is 68.4 Å². The zero-order chi connectivity index (χ0) is 19.2. The van der Waals surface area contributed by atoms with E-state index in [9.17, 15) is 9.59 Å². The molecule has 0 bridgehead atoms. The Morgan fingerprint density at radius 3 is 1.78 bits per heavy atom. The number of carbonyl (C=O) groups is 2. The fourth-order valence-corrected chi connectivity index (χ4v) is 2.70. The Morgan fingerprint density at radius 1 is 0.667 bits per heavy atom. The van der Waals surface area contributed by atoms with Crippen LogP contribution in [0.5, 0.6) is 0 Å². The number of hydrogen-bond donors (Lipinski definition) is 2. The fourth-order valence-electron chi connectivity index (χ4n) is 2.70. The summed E-state index contributed by atoms with van der Waals surface area (Å²) in [4.78, 5) is 24.4. The van der Waals surface area contributed by atoms with Gasteiger partial charge in [-0.3, -0.25) is 9.59 Å². The zero-order valence-corrected chi connectivity index (χ0v) is 15.4. The molecule has 27 heavy (non-hydrogen) atoms. The van der Waals surface area contributed by atoms with E-state index in [4.69, 9.17) is 0 Å². The van der Waals surface area contributed by atoms with Gasteiger partial charge in [-0.15, -0.1) is 0 Å². The number of benzene rings is 3. The molecule has 0 aromatic heterocycles. The van der Waals surface area contributed by atoms with E-state index in [1.54, 1.807) is 24.3 Å². The van der Waals surface area contributed by atoms with Crippen molar-refractivity contribution in [1.82, 2.24) is 5.32 Å². The summed E-state index contributed by atoms with van der Waals surface area (Å²) >= 11 is 0. The van der Waals surface area contributed by atoms with Crippen molar-refractivity contribution in [1.29, 1.82) is 0 Å². The van der Waals surface area contributed by atoms with Gasteiger partial charge in [0.05, 0.1) is 0 Å². The van der Waals surface area contributed by atoms with Crippen molar-refractivity contribution in [3.05, 3.63) is 90.0 Å². The van der Waals surface area contributed by atoms with Crippen LogP contribution in [0, 0.1) is 0 Å². The lowest BCUT2D eigenvalue weighted by Gasteiger charge is -2.10. The van der Waals surface area contributed by atoms with Crippen LogP contribution in [0.1, 0.15) is 34.6 Å². The normalized spacial score (nSPS) is 10.5. The van der Waals surface area contributed by atoms with Crippen molar-refractivity contribution in [2.24, 2.45) is 0 Å². The van der Waals surface area contributed by atoms with E-state index in [0.717, 1.165) is 11.1 Å². The van der Waals surface area contributed by atoms with Crippen LogP contribution in [0.2, 0.25) is 0 Å². The van der Waals surface area contributed by atoms with Gasteiger partial charge in [0, 0.05) is 22.9 Å². The van der Waals surface area contributed by atoms with Gasteiger partial charge in [0.2, 0.25) is 0 Å². The molecule has 3 aromatic carbocycles. The first-order valence-electron chi connectivity index (χ1n) is 8.91. The molecule has 3 rings (SSSR count). The summed E-state index contributed by atoms with van der Waals surface area (Å²) in [6.07, 6.45) is 0. The van der Waals surface area contributed by atoms with Crippen LogP contribution in [-0.2, 0) is 0 Å². The second-order valence-electron chi connectivity index (χ2n) is 6.60. The molecule has 136 valence electrons. The van der Waals surface area contributed by atoms with Crippen LogP contribution in [-0.4, -0.2) is 17.9 Å². The Labute approximate surface area is 159 Å². The highest BCUT2D eigenvalue weighted by Crippen LogP contribution is 2.20. The molecule has 2 amide bonds. The van der Waals surface area contributed by atoms with Crippen LogP contribution >= 0.6 is 0 Å². The summed E-state index contributed by atoms with van der Waals surface area (Å²) in [5, 5.41) is 5.69. The van der Waals surface area contributed by atoms with Gasteiger partial charge in [-0.25, -0.2) is 0 Å². The van der Waals surface area contributed by atoms with Gasteiger partial charge in [0.1, 0.15) is 0 Å². The SMILES string of the molecule is CC(C)NC(=O)c1ccc(NC(=O)c2ccc(-c3ccccc3)cc2)cc1. The van der Waals surface area contributed by atoms with Crippen LogP contribution in [0.4, 0.5) is 5.69 Å². The van der Waals surface area contributed by atoms with E-state index in [-0.39, 0.29) is 17.9 Å². The molecule has 0 heterocycles. The van der Waals surface area contributed by atoms with Crippen LogP contribution in [0.25, 0.3) is 11.1 Å². The maximum Gasteiger partial charge on any atom is 0.255 e. The first kappa shape index (κ1) is 18.4. The molecule has 0 atom stereocenters. The molecule has 3 aromatic rings. The third-order valence-corrected chi connectivity index (χ3v) is 4.08. The predicted octanol–water partition coefficient (Wildman–Crippen LogP) is 4.74. The standard InChI is InChI=1S/C23H22N2O2/c1-16(2)24-22(26)20-12-14-21(15-13-20)25-23(27)19-10-8-18(9-11-19)17-6-4-3-5-7-17/h3-16H,1-2H3,(H,24,26)(H,25,27). The molecule has 4 nitrogen and oxygen atoms in total. The first-order valence-corrected chi connectivity index (χ1v) is 8.91. The monoisotopic (exact) mass is 358 g/mol. The molecular formula is C23H22N2O2. The number of anilines is 1. The number of hydrogen-bond acceptors (Lipinski definition) is 2. The van der Waals surface area contributed by atoms with Gasteiger partial charge in [-0.2, -0.15) is 0 Å². The van der Waals surface area contributed by atoms with Gasteiger partial charge in [-0.1, -0.05) is 42.5 Å². The van der Waals surface area contributed by atoms with E-state index in [2.05, 4.69) is 10.6 Å². The molecule has 0 unspecified atom stereocenters. The molecule has 4 heteroatoms. The Bertz CT molecular complexity index is 915. The highest BCUT2D eigenvalue weighted by molar-refractivity contribution is 6.04. The van der Waals surface area contributed by atoms with Crippen molar-refractivity contribution in [3.8, 4) is 11.1 Å². The van der Waals surface area contributed by atoms with Crippen LogP contribution in [0.15, 0.2) is 78.9 Å². The van der Waals surface area contributed by atoms with E-state index in [0.29, 0.717) is 16.8 Å². The quantitative estimate of drug-likeness (QED) is 0.692. The Morgan fingerprint density at radius 2 is 1.19 bits per heavy atom. The minimum Gasteiger partial charge on any atom is -0.350 e. The molecular weight excluding hydrogens is 336 g/mol. The first-order chi connectivity index (χ1) is 13.0. The molecule has 0 aliphatic rings. The van der Waals surface area contributed by atoms with E-state index >= 15 is 0 Å². The summed E-state index contributed by atoms with van der Waals surface area (Å²) in [7, 11) is 0. The molecule has 0 saturated heterocycles. The molecule has 2 N–H and O–H groups in total. The highest BCUT2D eigenvalue weighted by atomic mass is 16.2. The minimum absolute atomic E-state index is 0.0794. The van der Waals surface area contributed by atoms with Crippen molar-refractivity contribution in [2.45, 2.75) is 19.9 Å². The maximum atomic E-state index is 12.4. The van der Waals surface area contributed by atoms with Crippen molar-refractivity contribution >= 4 is 17.5 Å². The van der Waals surface area contributed by atoms with Gasteiger partial charge in [0.15, 0.2) is 0 Å². The topological polar surface area (TPSA) is 58.2 Å². The second-order valence-corrected chi connectivity index (χ2v) is 6.60. The summed E-state index contributed by atoms with van der Waals surface area (Å²) in [5.41, 5.74) is 3.96. The second kappa shape index (κ2) is 8.32. The number of rotatable bonds is 5. The molecule has 0 spiro atoms. The van der Waals surface area contributed by atoms with Crippen molar-refractivity contribution < 1.29 is 9.59 Å². The highest BCUT2D eigenvalue weighted by Gasteiger charge is 2.09. The third kappa shape index (κ3) is 4.82. The van der Waals surface area contributed by atoms with Crippen molar-refractivity contribution in [2.75, 3.05) is 5.32 Å². The lowest BCUT2D eigenvalue weighted by atomic mass is 10.0. The summed E-state index contributed by atoms with van der Waals surface area (Å²) in [5.74, 6) is -0.312. The Balaban J connectivity index is 1.66. The van der Waals surface area contributed by atoms with Gasteiger partial charge >= 0.3 is 0 Å². The van der Waals surface area contributed by atoms with Crippen LogP contribution < -0.4 is 10.6 Å². The average molecular weight is 358 g/mol. The average Bonchev–Trinajstić information content (AvgIpc) is 2.69. The molecule has 0 aliphatic carbocycles. The molecule has 0 fully saturated rings. The predicted molar refractivity (Wildman–Crippen MR) is 109 cm³/mol. The Hall–Kier alpha value is -3.40. The fraction of sp³-hybridized carbons (Fsp3) is 0.130. The summed E-state index contributed by atoms with van der Waals surface area (Å²) in [6.45, 7) is 3.82. The Kier molecular flexibility index (Phi) is 5.67. The maximum absolute atomic E-state index is 12.4. The number of nitrogens with one attached hydrogen (secondary N) is 2. The minimum atomic E-state index is -0.186. The van der Waals surface area contributed by atoms with Gasteiger partial charge in [0.25, 0.3) is 11.8 Å². The van der Waals surface area contributed by atoms with Crippen molar-refractivity contribution in [3.63, 3.8) is 0 Å². The molecule has 0 saturated carbocycles. The number of amides is 2. The zero-order valence-electron chi connectivity index (χ0n) is 15.4. The third-order valence-electron chi connectivity index (χ3n) is 4.08. The summed E-state index contributed by atoms with van der Waals surface area (Å²) < 4.78 is 0. The van der Waals surface area contributed by atoms with Gasteiger partial charge in [-0.05, 0) is 61.4 Å². The largest absolute Gasteiger partial charge is 0.350 e. The van der Waals surface area contributed by atoms with Gasteiger partial charge < -0.3 is 10.6 Å². The molecule has 0 radical (unpaired) electrons. The lowest BCUT2D eigenvalue weighted by Crippen LogP contribution is -2.30. The summed E-state index contributed by atoms with van der Waals surface area (Å²) in [6, 6.07) is 24.4. The van der Waals surface area contributed by atoms with Crippen LogP contribution in [0.3, 0.4) is 0 Å². The lowest BCUT2D eigenvalue weighted by molar-refractivity contribution is 0.0942.